The number of halogens is 1. The molecule has 0 aromatic heterocycles. The maximum atomic E-state index is 12.1. The molecule has 0 aliphatic carbocycles. The number of unbranched alkanes of at least 4 members (excludes halogenated alkanes) is 1. The largest absolute Gasteiger partial charge is 0.516 e. The molecule has 0 spiro atoms. The Labute approximate surface area is 105 Å². The highest BCUT2D eigenvalue weighted by Gasteiger charge is 2.15. The maximum absolute atomic E-state index is 12.1. The molecule has 0 fully saturated rings. The predicted molar refractivity (Wildman–Crippen MR) is 66.6 cm³/mol. The summed E-state index contributed by atoms with van der Waals surface area (Å²) in [5, 5.41) is 17.5. The van der Waals surface area contributed by atoms with E-state index in [9.17, 15) is 9.18 Å². The molecule has 2 N–H and O–H groups in total. The SMILES string of the molecule is CCCCOC(=N/CCF)/C(=C\C=C\O)C(=O)O. The predicted octanol–water partition coefficient (Wildman–Crippen LogP) is 2.25. The number of aliphatic hydroxyl groups excluding tert-OH is 1. The van der Waals surface area contributed by atoms with E-state index in [0.29, 0.717) is 12.9 Å². The number of carbonyl (C=O) groups is 1. The Morgan fingerprint density at radius 3 is 2.72 bits per heavy atom. The van der Waals surface area contributed by atoms with Crippen LogP contribution in [0.4, 0.5) is 4.39 Å². The molecule has 6 heteroatoms. The van der Waals surface area contributed by atoms with E-state index in [-0.39, 0.29) is 18.0 Å². The first-order chi connectivity index (χ1) is 8.67. The van der Waals surface area contributed by atoms with Crippen LogP contribution >= 0.6 is 0 Å². The van der Waals surface area contributed by atoms with Crippen molar-refractivity contribution in [1.29, 1.82) is 0 Å². The zero-order valence-electron chi connectivity index (χ0n) is 10.3. The third kappa shape index (κ3) is 6.67. The van der Waals surface area contributed by atoms with Gasteiger partial charge >= 0.3 is 5.97 Å². The van der Waals surface area contributed by atoms with Gasteiger partial charge in [-0.2, -0.15) is 0 Å². The molecule has 0 aromatic carbocycles. The van der Waals surface area contributed by atoms with Crippen LogP contribution in [0, 0.1) is 0 Å². The highest BCUT2D eigenvalue weighted by atomic mass is 19.1. The van der Waals surface area contributed by atoms with Gasteiger partial charge in [0.1, 0.15) is 12.2 Å². The van der Waals surface area contributed by atoms with E-state index >= 15 is 0 Å². The van der Waals surface area contributed by atoms with E-state index in [4.69, 9.17) is 14.9 Å². The van der Waals surface area contributed by atoms with E-state index in [2.05, 4.69) is 4.99 Å². The van der Waals surface area contributed by atoms with Crippen LogP contribution in [0.3, 0.4) is 0 Å². The van der Waals surface area contributed by atoms with Crippen LogP contribution in [-0.2, 0) is 9.53 Å². The Bertz CT molecular complexity index is 337. The van der Waals surface area contributed by atoms with Crippen LogP contribution in [0.25, 0.3) is 0 Å². The Hall–Kier alpha value is -1.85. The third-order valence-corrected chi connectivity index (χ3v) is 1.89. The molecule has 0 amide bonds. The lowest BCUT2D eigenvalue weighted by Gasteiger charge is -2.09. The molecule has 0 saturated carbocycles. The van der Waals surface area contributed by atoms with Crippen LogP contribution in [-0.4, -0.2) is 41.9 Å². The number of aliphatic hydroxyl groups is 1. The van der Waals surface area contributed by atoms with Gasteiger partial charge in [-0.25, -0.2) is 14.2 Å². The summed E-state index contributed by atoms with van der Waals surface area (Å²) in [7, 11) is 0. The molecular weight excluding hydrogens is 241 g/mol. The van der Waals surface area contributed by atoms with Crippen molar-refractivity contribution >= 4 is 11.9 Å². The minimum absolute atomic E-state index is 0.119. The summed E-state index contributed by atoms with van der Waals surface area (Å²) in [5.74, 6) is -1.37. The number of nitrogens with zero attached hydrogens (tertiary/aromatic N) is 1. The Balaban J connectivity index is 4.92. The molecule has 0 rings (SSSR count). The van der Waals surface area contributed by atoms with Crippen molar-refractivity contribution in [3.8, 4) is 0 Å². The van der Waals surface area contributed by atoms with Crippen molar-refractivity contribution in [3.05, 3.63) is 24.0 Å². The summed E-state index contributed by atoms with van der Waals surface area (Å²) in [6.45, 7) is 1.43. The topological polar surface area (TPSA) is 79.1 Å². The molecule has 0 aromatic rings. The second kappa shape index (κ2) is 10.3. The van der Waals surface area contributed by atoms with Crippen LogP contribution < -0.4 is 0 Å². The quantitative estimate of drug-likeness (QED) is 0.175. The number of ether oxygens (including phenoxy) is 1. The molecule has 0 unspecified atom stereocenters. The van der Waals surface area contributed by atoms with E-state index in [1.807, 2.05) is 6.92 Å². The fraction of sp³-hybridized carbons (Fsp3) is 0.500. The zero-order chi connectivity index (χ0) is 13.8. The van der Waals surface area contributed by atoms with Crippen molar-refractivity contribution in [2.75, 3.05) is 19.8 Å². The average Bonchev–Trinajstić information content (AvgIpc) is 2.35. The fourth-order valence-electron chi connectivity index (χ4n) is 1.04. The highest BCUT2D eigenvalue weighted by Crippen LogP contribution is 2.04. The summed E-state index contributed by atoms with van der Waals surface area (Å²) in [5.41, 5.74) is -0.218. The van der Waals surface area contributed by atoms with Gasteiger partial charge < -0.3 is 14.9 Å². The van der Waals surface area contributed by atoms with Gasteiger partial charge in [0.25, 0.3) is 0 Å². The molecule has 0 aliphatic heterocycles. The number of carboxylic acids is 1. The first-order valence-corrected chi connectivity index (χ1v) is 5.65. The number of alkyl halides is 1. The van der Waals surface area contributed by atoms with Gasteiger partial charge in [0.05, 0.1) is 19.4 Å². The van der Waals surface area contributed by atoms with E-state index in [1.54, 1.807) is 0 Å². The number of allylic oxidation sites excluding steroid dienone is 2. The average molecular weight is 259 g/mol. The van der Waals surface area contributed by atoms with Gasteiger partial charge in [-0.1, -0.05) is 13.3 Å². The van der Waals surface area contributed by atoms with E-state index in [1.165, 1.54) is 0 Å². The zero-order valence-corrected chi connectivity index (χ0v) is 10.3. The summed E-state index contributed by atoms with van der Waals surface area (Å²) in [4.78, 5) is 14.7. The smallest absolute Gasteiger partial charge is 0.341 e. The molecule has 0 atom stereocenters. The fourth-order valence-corrected chi connectivity index (χ4v) is 1.04. The lowest BCUT2D eigenvalue weighted by Crippen LogP contribution is -2.17. The number of carboxylic acid groups (broad SMARTS) is 1. The van der Waals surface area contributed by atoms with Crippen LogP contribution in [0.15, 0.2) is 29.0 Å². The van der Waals surface area contributed by atoms with Gasteiger partial charge in [-0.15, -0.1) is 0 Å². The van der Waals surface area contributed by atoms with Crippen molar-refractivity contribution in [1.82, 2.24) is 0 Å². The van der Waals surface area contributed by atoms with Crippen LogP contribution in [0.1, 0.15) is 19.8 Å². The van der Waals surface area contributed by atoms with E-state index in [0.717, 1.165) is 25.0 Å². The molecule has 0 saturated heterocycles. The number of aliphatic carboxylic acids is 1. The van der Waals surface area contributed by atoms with Gasteiger partial charge in [0.15, 0.2) is 0 Å². The van der Waals surface area contributed by atoms with Crippen molar-refractivity contribution in [2.45, 2.75) is 19.8 Å². The Morgan fingerprint density at radius 1 is 1.50 bits per heavy atom. The number of aliphatic imine (C=N–C) groups is 1. The molecule has 0 radical (unpaired) electrons. The number of hydrogen-bond donors (Lipinski definition) is 2. The number of rotatable bonds is 8. The standard InChI is InChI=1S/C12H18FNO4/c1-2-3-9-18-11(14-7-6-13)10(12(16)17)5-4-8-15/h4-5,8,15H,2-3,6-7,9H2,1H3,(H,16,17)/b8-4+,10-5+,14-11+. The number of hydrogen-bond acceptors (Lipinski definition) is 4. The Kier molecular flexibility index (Phi) is 9.25. The first kappa shape index (κ1) is 16.1. The third-order valence-electron chi connectivity index (χ3n) is 1.89. The second-order valence-corrected chi connectivity index (χ2v) is 3.30. The Morgan fingerprint density at radius 2 is 2.22 bits per heavy atom. The normalized spacial score (nSPS) is 13.0. The van der Waals surface area contributed by atoms with Crippen molar-refractivity contribution in [3.63, 3.8) is 0 Å². The minimum atomic E-state index is -1.25. The van der Waals surface area contributed by atoms with E-state index < -0.39 is 12.6 Å². The lowest BCUT2D eigenvalue weighted by molar-refractivity contribution is -0.132. The first-order valence-electron chi connectivity index (χ1n) is 5.65. The van der Waals surface area contributed by atoms with Crippen molar-refractivity contribution in [2.24, 2.45) is 4.99 Å². The maximum Gasteiger partial charge on any atom is 0.341 e. The highest BCUT2D eigenvalue weighted by molar-refractivity contribution is 6.15. The summed E-state index contributed by atoms with van der Waals surface area (Å²) in [6.07, 6.45) is 4.61. The summed E-state index contributed by atoms with van der Waals surface area (Å²) in [6, 6.07) is 0. The molecule has 5 nitrogen and oxygen atoms in total. The van der Waals surface area contributed by atoms with Gasteiger partial charge in [0, 0.05) is 0 Å². The molecule has 18 heavy (non-hydrogen) atoms. The summed E-state index contributed by atoms with van der Waals surface area (Å²) >= 11 is 0. The van der Waals surface area contributed by atoms with Gasteiger partial charge in [-0.3, -0.25) is 0 Å². The van der Waals surface area contributed by atoms with Crippen LogP contribution in [0.5, 0.6) is 0 Å². The summed E-state index contributed by atoms with van der Waals surface area (Å²) < 4.78 is 17.3. The monoisotopic (exact) mass is 259 g/mol. The molecule has 0 bridgehead atoms. The van der Waals surface area contributed by atoms with Gasteiger partial charge in [-0.05, 0) is 18.6 Å². The molecule has 0 heterocycles. The molecule has 102 valence electrons. The minimum Gasteiger partial charge on any atom is -0.516 e. The van der Waals surface area contributed by atoms with Crippen LogP contribution in [0.2, 0.25) is 0 Å². The lowest BCUT2D eigenvalue weighted by atomic mass is 10.2. The molecular formula is C12H18FNO4. The molecule has 0 aliphatic rings. The second-order valence-electron chi connectivity index (χ2n) is 3.30. The van der Waals surface area contributed by atoms with Gasteiger partial charge in [0.2, 0.25) is 5.90 Å². The van der Waals surface area contributed by atoms with Crippen molar-refractivity contribution < 1.29 is 24.1 Å².